The average Bonchev–Trinajstić information content (AvgIpc) is 3.13. The lowest BCUT2D eigenvalue weighted by molar-refractivity contribution is -0.0980. The molecule has 1 fully saturated rings. The summed E-state index contributed by atoms with van der Waals surface area (Å²) in [5.41, 5.74) is -0.407. The Balaban J connectivity index is 0.000000239. The lowest BCUT2D eigenvalue weighted by atomic mass is 10.2. The van der Waals surface area contributed by atoms with E-state index in [1.165, 1.54) is 0 Å². The van der Waals surface area contributed by atoms with E-state index in [1.54, 1.807) is 16.2 Å². The van der Waals surface area contributed by atoms with E-state index >= 15 is 0 Å². The van der Waals surface area contributed by atoms with Crippen molar-refractivity contribution in [2.24, 2.45) is 0 Å². The van der Waals surface area contributed by atoms with Crippen LogP contribution >= 0.6 is 27.3 Å². The minimum atomic E-state index is -0.407. The van der Waals surface area contributed by atoms with Crippen LogP contribution in [0.2, 0.25) is 0 Å². The molecule has 10 heteroatoms. The Kier molecular flexibility index (Phi) is 9.03. The standard InChI is InChI=1S/C9H17NO3.C6H6BrN3S.CH2O/c1-9(2,3)13-8(11)10-4-6-12-7-5-10;1-8-5-3-10-2-4(7)11-6(10)9-5;1-2/h4-7H2,1-3H3;2-3,8H,1H3;1H2. The Hall–Kier alpha value is -1.65. The van der Waals surface area contributed by atoms with Crippen molar-refractivity contribution in [2.75, 3.05) is 38.7 Å². The zero-order chi connectivity index (χ0) is 19.7. The van der Waals surface area contributed by atoms with Crippen LogP contribution in [-0.2, 0) is 14.3 Å². The molecule has 0 unspecified atom stereocenters. The number of carbonyl (C=O) groups is 2. The highest BCUT2D eigenvalue weighted by molar-refractivity contribution is 9.11. The Morgan fingerprint density at radius 1 is 1.35 bits per heavy atom. The molecular weight excluding hydrogens is 424 g/mol. The molecule has 146 valence electrons. The van der Waals surface area contributed by atoms with Crippen LogP contribution in [0.15, 0.2) is 16.2 Å². The maximum Gasteiger partial charge on any atom is 0.410 e. The second-order valence-electron chi connectivity index (χ2n) is 6.18. The molecule has 2 aromatic rings. The number of halogens is 1. The van der Waals surface area contributed by atoms with Crippen LogP contribution in [0, 0.1) is 0 Å². The summed E-state index contributed by atoms with van der Waals surface area (Å²) < 4.78 is 13.4. The van der Waals surface area contributed by atoms with Crippen LogP contribution in [0.1, 0.15) is 20.8 Å². The highest BCUT2D eigenvalue weighted by Gasteiger charge is 2.23. The Bertz CT molecular complexity index is 661. The quantitative estimate of drug-likeness (QED) is 0.720. The summed E-state index contributed by atoms with van der Waals surface area (Å²) in [7, 11) is 1.86. The molecular formula is C16H25BrN4O4S. The van der Waals surface area contributed by atoms with Gasteiger partial charge in [-0.2, -0.15) is 0 Å². The van der Waals surface area contributed by atoms with Gasteiger partial charge in [0.1, 0.15) is 18.2 Å². The Labute approximate surface area is 165 Å². The number of hydrogen-bond acceptors (Lipinski definition) is 7. The number of fused-ring (bicyclic) bond motifs is 1. The number of ether oxygens (including phenoxy) is 2. The zero-order valence-electron chi connectivity index (χ0n) is 15.5. The molecule has 0 aromatic carbocycles. The van der Waals surface area contributed by atoms with Crippen molar-refractivity contribution in [3.63, 3.8) is 0 Å². The number of anilines is 1. The molecule has 1 aliphatic rings. The maximum atomic E-state index is 11.5. The number of hydrogen-bond donors (Lipinski definition) is 1. The number of thiazole rings is 1. The van der Waals surface area contributed by atoms with E-state index in [4.69, 9.17) is 14.3 Å². The molecule has 2 aromatic heterocycles. The molecule has 0 saturated carbocycles. The van der Waals surface area contributed by atoms with Crippen molar-refractivity contribution < 1.29 is 19.1 Å². The predicted molar refractivity (Wildman–Crippen MR) is 106 cm³/mol. The Morgan fingerprint density at radius 2 is 1.96 bits per heavy atom. The van der Waals surface area contributed by atoms with Crippen LogP contribution in [0.25, 0.3) is 4.96 Å². The molecule has 0 spiro atoms. The van der Waals surface area contributed by atoms with E-state index in [0.29, 0.717) is 26.3 Å². The summed E-state index contributed by atoms with van der Waals surface area (Å²) in [5, 5.41) is 2.98. The van der Waals surface area contributed by atoms with E-state index in [1.807, 2.05) is 51.4 Å². The first-order chi connectivity index (χ1) is 12.3. The highest BCUT2D eigenvalue weighted by Crippen LogP contribution is 2.23. The topological polar surface area (TPSA) is 85.2 Å². The lowest BCUT2D eigenvalue weighted by Gasteiger charge is -2.29. The highest BCUT2D eigenvalue weighted by atomic mass is 79.9. The van der Waals surface area contributed by atoms with E-state index in [2.05, 4.69) is 26.2 Å². The van der Waals surface area contributed by atoms with Gasteiger partial charge in [-0.05, 0) is 36.7 Å². The van der Waals surface area contributed by atoms with Crippen molar-refractivity contribution in [3.8, 4) is 0 Å². The molecule has 26 heavy (non-hydrogen) atoms. The molecule has 3 heterocycles. The van der Waals surface area contributed by atoms with E-state index < -0.39 is 5.60 Å². The molecule has 1 amide bonds. The van der Waals surface area contributed by atoms with Gasteiger partial charge in [0.05, 0.1) is 23.2 Å². The number of carbonyl (C=O) groups excluding carboxylic acids is 2. The van der Waals surface area contributed by atoms with E-state index in [-0.39, 0.29) is 6.09 Å². The van der Waals surface area contributed by atoms with Gasteiger partial charge in [-0.25, -0.2) is 9.78 Å². The number of imidazole rings is 1. The summed E-state index contributed by atoms with van der Waals surface area (Å²) >= 11 is 5.00. The number of nitrogens with one attached hydrogen (secondary N) is 1. The first-order valence-corrected chi connectivity index (χ1v) is 9.56. The van der Waals surface area contributed by atoms with Gasteiger partial charge in [0, 0.05) is 26.3 Å². The fourth-order valence-electron chi connectivity index (χ4n) is 1.96. The van der Waals surface area contributed by atoms with Gasteiger partial charge >= 0.3 is 6.09 Å². The van der Waals surface area contributed by atoms with Crippen molar-refractivity contribution >= 4 is 50.9 Å². The molecule has 1 saturated heterocycles. The summed E-state index contributed by atoms with van der Waals surface area (Å²) in [5.74, 6) is 0.906. The van der Waals surface area contributed by atoms with Gasteiger partial charge in [-0.1, -0.05) is 11.3 Å². The predicted octanol–water partition coefficient (Wildman–Crippen LogP) is 3.27. The Morgan fingerprint density at radius 3 is 2.46 bits per heavy atom. The number of aromatic nitrogens is 2. The van der Waals surface area contributed by atoms with Gasteiger partial charge in [0.25, 0.3) is 0 Å². The summed E-state index contributed by atoms with van der Waals surface area (Å²) in [6, 6.07) is 0. The first kappa shape index (κ1) is 22.4. The second kappa shape index (κ2) is 10.5. The third-order valence-electron chi connectivity index (χ3n) is 3.05. The zero-order valence-corrected chi connectivity index (χ0v) is 17.9. The van der Waals surface area contributed by atoms with Crippen LogP contribution in [0.5, 0.6) is 0 Å². The molecule has 0 atom stereocenters. The van der Waals surface area contributed by atoms with E-state index in [0.717, 1.165) is 14.6 Å². The SMILES string of the molecule is C=O.CC(C)(C)OC(=O)N1CCOCC1.CNc1cn2cc(Br)sc2n1. The first-order valence-electron chi connectivity index (χ1n) is 7.95. The number of morpholine rings is 1. The minimum absolute atomic E-state index is 0.240. The number of rotatable bonds is 1. The normalized spacial score (nSPS) is 14.0. The molecule has 3 rings (SSSR count). The van der Waals surface area contributed by atoms with Crippen LogP contribution in [0.4, 0.5) is 10.6 Å². The van der Waals surface area contributed by atoms with Crippen molar-refractivity contribution in [1.29, 1.82) is 0 Å². The van der Waals surface area contributed by atoms with E-state index in [9.17, 15) is 4.79 Å². The monoisotopic (exact) mass is 448 g/mol. The number of amides is 1. The second-order valence-corrected chi connectivity index (χ2v) is 8.57. The van der Waals surface area contributed by atoms with Crippen LogP contribution in [-0.4, -0.2) is 66.1 Å². The average molecular weight is 449 g/mol. The number of nitrogens with zero attached hydrogens (tertiary/aromatic N) is 3. The van der Waals surface area contributed by atoms with Crippen molar-refractivity contribution in [1.82, 2.24) is 14.3 Å². The van der Waals surface area contributed by atoms with Crippen LogP contribution < -0.4 is 5.32 Å². The molecule has 0 bridgehead atoms. The molecule has 0 radical (unpaired) electrons. The fraction of sp³-hybridized carbons (Fsp3) is 0.562. The summed E-state index contributed by atoms with van der Waals surface area (Å²) in [6.07, 6.45) is 3.71. The van der Waals surface area contributed by atoms with Gasteiger partial charge in [-0.3, -0.25) is 4.40 Å². The van der Waals surface area contributed by atoms with Crippen LogP contribution in [0.3, 0.4) is 0 Å². The largest absolute Gasteiger partial charge is 0.444 e. The maximum absolute atomic E-state index is 11.5. The molecule has 1 aliphatic heterocycles. The smallest absolute Gasteiger partial charge is 0.410 e. The molecule has 0 aliphatic carbocycles. The third kappa shape index (κ3) is 7.30. The van der Waals surface area contributed by atoms with Gasteiger partial charge in [-0.15, -0.1) is 0 Å². The molecule has 1 N–H and O–H groups in total. The van der Waals surface area contributed by atoms with Gasteiger partial charge < -0.3 is 24.5 Å². The third-order valence-corrected chi connectivity index (χ3v) is 4.52. The minimum Gasteiger partial charge on any atom is -0.444 e. The van der Waals surface area contributed by atoms with Crippen molar-refractivity contribution in [3.05, 3.63) is 16.2 Å². The lowest BCUT2D eigenvalue weighted by Crippen LogP contribution is -2.43. The molecule has 8 nitrogen and oxygen atoms in total. The van der Waals surface area contributed by atoms with Gasteiger partial charge in [0.2, 0.25) is 0 Å². The fourth-order valence-corrected chi connectivity index (χ4v) is 3.31. The van der Waals surface area contributed by atoms with Gasteiger partial charge in [0.15, 0.2) is 4.96 Å². The summed E-state index contributed by atoms with van der Waals surface area (Å²) in [6.45, 7) is 10.1. The summed E-state index contributed by atoms with van der Waals surface area (Å²) in [4.78, 5) is 26.4. The van der Waals surface area contributed by atoms with Crippen molar-refractivity contribution in [2.45, 2.75) is 26.4 Å².